The van der Waals surface area contributed by atoms with Gasteiger partial charge in [0.25, 0.3) is 7.82 Å². The molecule has 0 aromatic carbocycles. The third-order valence-electron chi connectivity index (χ3n) is 6.55. The molecule has 1 aromatic heterocycles. The van der Waals surface area contributed by atoms with Gasteiger partial charge in [-0.2, -0.15) is 0 Å². The van der Waals surface area contributed by atoms with E-state index in [-0.39, 0.29) is 19.8 Å². The van der Waals surface area contributed by atoms with Crippen LogP contribution in [0.25, 0.3) is 0 Å². The lowest BCUT2D eigenvalue weighted by Crippen LogP contribution is -2.35. The van der Waals surface area contributed by atoms with Gasteiger partial charge in [0.15, 0.2) is 18.9 Å². The quantitative estimate of drug-likeness (QED) is 0.0618. The minimum absolute atomic E-state index is 0.0143. The Balaban J connectivity index is 2.30. The van der Waals surface area contributed by atoms with Crippen LogP contribution in [0, 0.1) is 0 Å². The molecule has 1 heterocycles. The first-order valence-electron chi connectivity index (χ1n) is 15.3. The van der Waals surface area contributed by atoms with Crippen LogP contribution in [0.5, 0.6) is 0 Å². The van der Waals surface area contributed by atoms with Crippen molar-refractivity contribution in [3.8, 4) is 0 Å². The van der Waals surface area contributed by atoms with Crippen LogP contribution in [0.2, 0.25) is 0 Å². The third-order valence-corrected chi connectivity index (χ3v) is 7.60. The monoisotopic (exact) mass is 557 g/mol. The Morgan fingerprint density at radius 3 is 1.58 bits per heavy atom. The summed E-state index contributed by atoms with van der Waals surface area (Å²) in [7, 11) is -4.47. The summed E-state index contributed by atoms with van der Waals surface area (Å²) in [6, 6.07) is 5.68. The molecule has 1 unspecified atom stereocenters. The standard InChI is InChI=1S/C30H56NO6P/c1-3-5-7-9-11-13-15-20-25-34-28-30(29-35-26-21-16-14-12-10-8-6-4-2)37-38(32,33)36-27-24-31-22-18-17-19-23-31/h17-19,22-23,30H,3-16,20-21,24-29H2,1-2H3. The summed E-state index contributed by atoms with van der Waals surface area (Å²) in [4.78, 5) is 12.5. The largest absolute Gasteiger partial charge is 0.756 e. The Morgan fingerprint density at radius 2 is 1.11 bits per heavy atom. The van der Waals surface area contributed by atoms with Crippen LogP contribution in [-0.4, -0.2) is 39.1 Å². The number of unbranched alkanes of at least 4 members (excludes halogenated alkanes) is 14. The molecular weight excluding hydrogens is 501 g/mol. The number of hydrogen-bond acceptors (Lipinski definition) is 6. The van der Waals surface area contributed by atoms with Crippen molar-refractivity contribution in [3.63, 3.8) is 0 Å². The van der Waals surface area contributed by atoms with Crippen molar-refractivity contribution in [2.45, 2.75) is 129 Å². The summed E-state index contributed by atoms with van der Waals surface area (Å²) in [5, 5.41) is 0. The topological polar surface area (TPSA) is 80.9 Å². The van der Waals surface area contributed by atoms with Crippen molar-refractivity contribution in [1.82, 2.24) is 0 Å². The SMILES string of the molecule is CCCCCCCCCCOCC(COCCCCCCCCCC)OP(=O)([O-])OCC[n+]1ccccc1. The number of aromatic nitrogens is 1. The Kier molecular flexibility index (Phi) is 23.3. The third kappa shape index (κ3) is 22.0. The molecule has 0 N–H and O–H groups in total. The number of nitrogens with zero attached hydrogens (tertiary/aromatic N) is 1. The smallest absolute Gasteiger partial charge is 0.268 e. The number of hydrogen-bond donors (Lipinski definition) is 0. The molecule has 0 aliphatic rings. The van der Waals surface area contributed by atoms with Crippen molar-refractivity contribution >= 4 is 7.82 Å². The first-order valence-corrected chi connectivity index (χ1v) is 16.8. The second kappa shape index (κ2) is 25.2. The molecule has 0 spiro atoms. The van der Waals surface area contributed by atoms with Crippen LogP contribution < -0.4 is 9.46 Å². The Bertz CT molecular complexity index is 654. The van der Waals surface area contributed by atoms with Gasteiger partial charge in [-0.15, -0.1) is 0 Å². The maximum absolute atomic E-state index is 12.5. The fourth-order valence-electron chi connectivity index (χ4n) is 4.27. The average molecular weight is 558 g/mol. The van der Waals surface area contributed by atoms with Crippen LogP contribution in [0.15, 0.2) is 30.6 Å². The fourth-order valence-corrected chi connectivity index (χ4v) is 5.12. The van der Waals surface area contributed by atoms with E-state index in [9.17, 15) is 9.46 Å². The highest BCUT2D eigenvalue weighted by Crippen LogP contribution is 2.39. The van der Waals surface area contributed by atoms with Crippen LogP contribution in [0.3, 0.4) is 0 Å². The van der Waals surface area contributed by atoms with Crippen molar-refractivity contribution < 1.29 is 32.5 Å². The van der Waals surface area contributed by atoms with E-state index in [0.717, 1.165) is 25.7 Å². The number of phosphoric ester groups is 1. The van der Waals surface area contributed by atoms with Gasteiger partial charge in [0.2, 0.25) is 0 Å². The first kappa shape index (κ1) is 35.2. The average Bonchev–Trinajstić information content (AvgIpc) is 2.91. The maximum Gasteiger partial charge on any atom is 0.268 e. The van der Waals surface area contributed by atoms with E-state index in [1.165, 1.54) is 77.0 Å². The molecule has 0 fully saturated rings. The molecule has 222 valence electrons. The van der Waals surface area contributed by atoms with Crippen molar-refractivity contribution in [3.05, 3.63) is 30.6 Å². The summed E-state index contributed by atoms with van der Waals surface area (Å²) in [5.41, 5.74) is 0. The minimum Gasteiger partial charge on any atom is -0.756 e. The van der Waals surface area contributed by atoms with Crippen LogP contribution in [0.1, 0.15) is 117 Å². The highest BCUT2D eigenvalue weighted by Gasteiger charge is 2.20. The van der Waals surface area contributed by atoms with Crippen molar-refractivity contribution in [2.24, 2.45) is 0 Å². The zero-order valence-electron chi connectivity index (χ0n) is 24.4. The summed E-state index contributed by atoms with van der Waals surface area (Å²) >= 11 is 0. The molecule has 8 heteroatoms. The Morgan fingerprint density at radius 1 is 0.658 bits per heavy atom. The summed E-state index contributed by atoms with van der Waals surface area (Å²) in [5.74, 6) is 0. The molecule has 1 rings (SSSR count). The maximum atomic E-state index is 12.5. The second-order valence-electron chi connectivity index (χ2n) is 10.2. The molecule has 0 bridgehead atoms. The Labute approximate surface area is 233 Å². The van der Waals surface area contributed by atoms with Gasteiger partial charge < -0.3 is 23.4 Å². The molecule has 0 aliphatic carbocycles. The van der Waals surface area contributed by atoms with Crippen molar-refractivity contribution in [1.29, 1.82) is 0 Å². The highest BCUT2D eigenvalue weighted by atomic mass is 31.2. The van der Waals surface area contributed by atoms with E-state index in [2.05, 4.69) is 13.8 Å². The number of phosphoric acid groups is 1. The van der Waals surface area contributed by atoms with Crippen LogP contribution >= 0.6 is 7.82 Å². The molecule has 0 radical (unpaired) electrons. The molecule has 38 heavy (non-hydrogen) atoms. The summed E-state index contributed by atoms with van der Waals surface area (Å²) in [6.45, 7) is 6.46. The Hall–Kier alpha value is -0.820. The van der Waals surface area contributed by atoms with Gasteiger partial charge in [0.1, 0.15) is 12.7 Å². The number of pyridine rings is 1. The molecule has 0 aliphatic heterocycles. The normalized spacial score (nSPS) is 13.3. The van der Waals surface area contributed by atoms with Gasteiger partial charge in [-0.25, -0.2) is 4.57 Å². The van der Waals surface area contributed by atoms with Crippen molar-refractivity contribution in [2.75, 3.05) is 33.0 Å². The van der Waals surface area contributed by atoms with E-state index in [1.54, 1.807) is 0 Å². The molecular formula is C30H56NO6P. The zero-order valence-corrected chi connectivity index (χ0v) is 25.3. The number of rotatable bonds is 28. The van der Waals surface area contributed by atoms with Gasteiger partial charge in [0.05, 0.1) is 13.2 Å². The molecule has 7 nitrogen and oxygen atoms in total. The molecule has 0 amide bonds. The van der Waals surface area contributed by atoms with E-state index >= 15 is 0 Å². The second-order valence-corrected chi connectivity index (χ2v) is 11.6. The van der Waals surface area contributed by atoms with Crippen LogP contribution in [-0.2, 0) is 29.6 Å². The van der Waals surface area contributed by atoms with Gasteiger partial charge >= 0.3 is 0 Å². The minimum atomic E-state index is -4.47. The van der Waals surface area contributed by atoms with E-state index in [1.807, 2.05) is 35.2 Å². The predicted octanol–water partition coefficient (Wildman–Crippen LogP) is 7.16. The lowest BCUT2D eigenvalue weighted by Gasteiger charge is -2.27. The molecule has 1 aromatic rings. The molecule has 0 saturated carbocycles. The summed E-state index contributed by atoms with van der Waals surface area (Å²) < 4.78 is 36.3. The first-order chi connectivity index (χ1) is 18.6. The molecule has 1 atom stereocenters. The van der Waals surface area contributed by atoms with Crippen LogP contribution in [0.4, 0.5) is 0 Å². The fraction of sp³-hybridized carbons (Fsp3) is 0.833. The van der Waals surface area contributed by atoms with E-state index in [4.69, 9.17) is 18.5 Å². The van der Waals surface area contributed by atoms with E-state index < -0.39 is 13.9 Å². The van der Waals surface area contributed by atoms with Gasteiger partial charge in [-0.3, -0.25) is 4.57 Å². The highest BCUT2D eigenvalue weighted by molar-refractivity contribution is 7.45. The number of ether oxygens (including phenoxy) is 2. The summed E-state index contributed by atoms with van der Waals surface area (Å²) in [6.07, 6.45) is 22.7. The lowest BCUT2D eigenvalue weighted by molar-refractivity contribution is -0.697. The van der Waals surface area contributed by atoms with Gasteiger partial charge in [-0.05, 0) is 12.8 Å². The van der Waals surface area contributed by atoms with Gasteiger partial charge in [0, 0.05) is 25.3 Å². The lowest BCUT2D eigenvalue weighted by atomic mass is 10.1. The molecule has 0 saturated heterocycles. The van der Waals surface area contributed by atoms with E-state index in [0.29, 0.717) is 19.8 Å². The predicted molar refractivity (Wildman–Crippen MR) is 152 cm³/mol. The van der Waals surface area contributed by atoms with Gasteiger partial charge in [-0.1, -0.05) is 110 Å². The zero-order chi connectivity index (χ0) is 27.6.